The predicted octanol–water partition coefficient (Wildman–Crippen LogP) is 5.46. The minimum Gasteiger partial charge on any atom is -0.489 e. The Kier molecular flexibility index (Phi) is 6.27. The van der Waals surface area contributed by atoms with E-state index in [4.69, 9.17) is 4.74 Å². The third-order valence-electron chi connectivity index (χ3n) is 3.26. The summed E-state index contributed by atoms with van der Waals surface area (Å²) >= 11 is 6.96. The highest BCUT2D eigenvalue weighted by molar-refractivity contribution is 9.10. The number of hydrogen-bond acceptors (Lipinski definition) is 2. The smallest absolute Gasteiger partial charge is 0.125 e. The van der Waals surface area contributed by atoms with Gasteiger partial charge in [-0.1, -0.05) is 57.0 Å². The molecule has 1 N–H and O–H groups in total. The summed E-state index contributed by atoms with van der Waals surface area (Å²) in [5.74, 6) is 0.917. The highest BCUT2D eigenvalue weighted by Crippen LogP contribution is 2.29. The highest BCUT2D eigenvalue weighted by Gasteiger charge is 2.11. The zero-order valence-electron chi connectivity index (χ0n) is 12.2. The molecule has 21 heavy (non-hydrogen) atoms. The van der Waals surface area contributed by atoms with Gasteiger partial charge in [0, 0.05) is 20.6 Å². The molecule has 0 radical (unpaired) electrons. The van der Waals surface area contributed by atoms with Crippen LogP contribution in [0.3, 0.4) is 0 Å². The van der Waals surface area contributed by atoms with E-state index in [2.05, 4.69) is 75.3 Å². The average molecular weight is 413 g/mol. The maximum Gasteiger partial charge on any atom is 0.125 e. The Morgan fingerprint density at radius 3 is 2.38 bits per heavy atom. The van der Waals surface area contributed by atoms with Crippen LogP contribution >= 0.6 is 31.9 Å². The van der Waals surface area contributed by atoms with Crippen molar-refractivity contribution in [1.82, 2.24) is 5.32 Å². The third-order valence-corrected chi connectivity index (χ3v) is 4.28. The number of halogens is 2. The molecule has 1 unspecified atom stereocenters. The van der Waals surface area contributed by atoms with E-state index < -0.39 is 0 Å². The normalized spacial score (nSPS) is 12.2. The molecular formula is C17H19Br2NO. The van der Waals surface area contributed by atoms with Crippen LogP contribution in [0.4, 0.5) is 0 Å². The van der Waals surface area contributed by atoms with Crippen molar-refractivity contribution < 1.29 is 4.74 Å². The molecule has 0 amide bonds. The van der Waals surface area contributed by atoms with Crippen molar-refractivity contribution in [2.75, 3.05) is 6.54 Å². The molecule has 0 heterocycles. The summed E-state index contributed by atoms with van der Waals surface area (Å²) in [5.41, 5.74) is 2.33. The van der Waals surface area contributed by atoms with Gasteiger partial charge in [0.2, 0.25) is 0 Å². The van der Waals surface area contributed by atoms with Gasteiger partial charge in [-0.2, -0.15) is 0 Å². The molecule has 0 aromatic heterocycles. The first kappa shape index (κ1) is 16.5. The van der Waals surface area contributed by atoms with Crippen LogP contribution in [0.1, 0.15) is 31.0 Å². The van der Waals surface area contributed by atoms with Crippen LogP contribution in [0.15, 0.2) is 51.4 Å². The van der Waals surface area contributed by atoms with Crippen molar-refractivity contribution in [1.29, 1.82) is 0 Å². The van der Waals surface area contributed by atoms with Crippen LogP contribution in [0.5, 0.6) is 5.75 Å². The van der Waals surface area contributed by atoms with E-state index >= 15 is 0 Å². The Labute approximate surface area is 143 Å². The predicted molar refractivity (Wildman–Crippen MR) is 94.7 cm³/mol. The number of hydrogen-bond donors (Lipinski definition) is 1. The number of nitrogens with one attached hydrogen (secondary N) is 1. The second-order valence-electron chi connectivity index (χ2n) is 4.88. The molecule has 0 saturated carbocycles. The molecule has 0 spiro atoms. The van der Waals surface area contributed by atoms with Crippen LogP contribution in [0.2, 0.25) is 0 Å². The second kappa shape index (κ2) is 7.97. The van der Waals surface area contributed by atoms with Crippen molar-refractivity contribution in [2.45, 2.75) is 26.5 Å². The fourth-order valence-corrected chi connectivity index (χ4v) is 2.75. The van der Waals surface area contributed by atoms with Gasteiger partial charge >= 0.3 is 0 Å². The lowest BCUT2D eigenvalue weighted by molar-refractivity contribution is 0.299. The van der Waals surface area contributed by atoms with Crippen molar-refractivity contribution in [2.24, 2.45) is 0 Å². The summed E-state index contributed by atoms with van der Waals surface area (Å²) in [6, 6.07) is 14.6. The van der Waals surface area contributed by atoms with E-state index in [9.17, 15) is 0 Å². The first-order valence-corrected chi connectivity index (χ1v) is 8.59. The Morgan fingerprint density at radius 2 is 1.71 bits per heavy atom. The van der Waals surface area contributed by atoms with Crippen molar-refractivity contribution in [3.05, 3.63) is 62.5 Å². The maximum absolute atomic E-state index is 6.03. The van der Waals surface area contributed by atoms with Crippen LogP contribution in [0.25, 0.3) is 0 Å². The Balaban J connectivity index is 2.14. The minimum absolute atomic E-state index is 0.267. The fourth-order valence-electron chi connectivity index (χ4n) is 2.15. The number of benzene rings is 2. The van der Waals surface area contributed by atoms with Gasteiger partial charge in [-0.25, -0.2) is 0 Å². The summed E-state index contributed by atoms with van der Waals surface area (Å²) in [6.07, 6.45) is 0. The Morgan fingerprint density at radius 1 is 1.05 bits per heavy atom. The quantitative estimate of drug-likeness (QED) is 0.679. The Bertz CT molecular complexity index is 584. The SMILES string of the molecule is CCNC(C)c1ccc(Br)cc1OCc1ccc(Br)cc1. The van der Waals surface area contributed by atoms with Crippen molar-refractivity contribution in [3.8, 4) is 5.75 Å². The van der Waals surface area contributed by atoms with Gasteiger partial charge in [0.15, 0.2) is 0 Å². The zero-order valence-corrected chi connectivity index (χ0v) is 15.4. The van der Waals surface area contributed by atoms with Gasteiger partial charge in [0.05, 0.1) is 0 Å². The van der Waals surface area contributed by atoms with E-state index in [-0.39, 0.29) is 6.04 Å². The molecule has 0 aliphatic rings. The standard InChI is InChI=1S/C17H19Br2NO/c1-3-20-12(2)16-9-8-15(19)10-17(16)21-11-13-4-6-14(18)7-5-13/h4-10,12,20H,3,11H2,1-2H3. The Hall–Kier alpha value is -0.840. The first-order valence-electron chi connectivity index (χ1n) is 7.00. The molecule has 2 rings (SSSR count). The van der Waals surface area contributed by atoms with Gasteiger partial charge in [-0.3, -0.25) is 0 Å². The zero-order chi connectivity index (χ0) is 15.2. The molecule has 0 bridgehead atoms. The lowest BCUT2D eigenvalue weighted by atomic mass is 10.1. The van der Waals surface area contributed by atoms with Crippen molar-refractivity contribution in [3.63, 3.8) is 0 Å². The molecule has 2 nitrogen and oxygen atoms in total. The maximum atomic E-state index is 6.03. The van der Waals surface area contributed by atoms with E-state index in [0.29, 0.717) is 6.61 Å². The van der Waals surface area contributed by atoms with Crippen LogP contribution < -0.4 is 10.1 Å². The van der Waals surface area contributed by atoms with E-state index in [1.165, 1.54) is 5.56 Å². The molecular weight excluding hydrogens is 394 g/mol. The molecule has 1 atom stereocenters. The molecule has 0 aliphatic heterocycles. The average Bonchev–Trinajstić information content (AvgIpc) is 2.47. The minimum atomic E-state index is 0.267. The molecule has 0 saturated heterocycles. The van der Waals surface area contributed by atoms with Gasteiger partial charge in [0.1, 0.15) is 12.4 Å². The van der Waals surface area contributed by atoms with E-state index in [1.54, 1.807) is 0 Å². The lowest BCUT2D eigenvalue weighted by Gasteiger charge is -2.18. The summed E-state index contributed by atoms with van der Waals surface area (Å²) in [5, 5.41) is 3.43. The van der Waals surface area contributed by atoms with Gasteiger partial charge in [0.25, 0.3) is 0 Å². The number of rotatable bonds is 6. The molecule has 4 heteroatoms. The van der Waals surface area contributed by atoms with Crippen LogP contribution in [-0.4, -0.2) is 6.54 Å². The topological polar surface area (TPSA) is 21.3 Å². The second-order valence-corrected chi connectivity index (χ2v) is 6.71. The highest BCUT2D eigenvalue weighted by atomic mass is 79.9. The van der Waals surface area contributed by atoms with Crippen LogP contribution in [-0.2, 0) is 6.61 Å². The summed E-state index contributed by atoms with van der Waals surface area (Å²) in [7, 11) is 0. The van der Waals surface area contributed by atoms with Crippen molar-refractivity contribution >= 4 is 31.9 Å². The van der Waals surface area contributed by atoms with E-state index in [0.717, 1.165) is 26.8 Å². The monoisotopic (exact) mass is 411 g/mol. The first-order chi connectivity index (χ1) is 10.1. The van der Waals surface area contributed by atoms with Gasteiger partial charge in [-0.15, -0.1) is 0 Å². The largest absolute Gasteiger partial charge is 0.489 e. The summed E-state index contributed by atoms with van der Waals surface area (Å²) in [6.45, 7) is 5.76. The van der Waals surface area contributed by atoms with Gasteiger partial charge in [-0.05, 0) is 43.3 Å². The lowest BCUT2D eigenvalue weighted by Crippen LogP contribution is -2.18. The van der Waals surface area contributed by atoms with Crippen LogP contribution in [0, 0.1) is 0 Å². The molecule has 0 aliphatic carbocycles. The molecule has 2 aromatic carbocycles. The van der Waals surface area contributed by atoms with E-state index in [1.807, 2.05) is 18.2 Å². The third kappa shape index (κ3) is 4.83. The molecule has 0 fully saturated rings. The molecule has 2 aromatic rings. The molecule has 112 valence electrons. The fraction of sp³-hybridized carbons (Fsp3) is 0.294. The number of ether oxygens (including phenoxy) is 1. The summed E-state index contributed by atoms with van der Waals surface area (Å²) in [4.78, 5) is 0. The van der Waals surface area contributed by atoms with Gasteiger partial charge < -0.3 is 10.1 Å². The summed E-state index contributed by atoms with van der Waals surface area (Å²) < 4.78 is 8.13.